The van der Waals surface area contributed by atoms with Crippen LogP contribution in [0.5, 0.6) is 0 Å². The Morgan fingerprint density at radius 2 is 1.81 bits per heavy atom. The Kier molecular flexibility index (Phi) is 4.10. The van der Waals surface area contributed by atoms with E-state index in [2.05, 4.69) is 4.90 Å². The second-order valence-electron chi connectivity index (χ2n) is 5.97. The summed E-state index contributed by atoms with van der Waals surface area (Å²) < 4.78 is 13.5. The van der Waals surface area contributed by atoms with Gasteiger partial charge in [-0.15, -0.1) is 0 Å². The van der Waals surface area contributed by atoms with Gasteiger partial charge in [-0.05, 0) is 25.0 Å². The highest BCUT2D eigenvalue weighted by Gasteiger charge is 2.28. The Hall–Kier alpha value is -1.62. The number of hydrogen-bond donors (Lipinski definition) is 1. The molecule has 1 heterocycles. The zero-order valence-electron chi connectivity index (χ0n) is 12.2. The summed E-state index contributed by atoms with van der Waals surface area (Å²) in [5.41, 5.74) is 5.92. The number of hydrogen-bond acceptors (Lipinski definition) is 3. The van der Waals surface area contributed by atoms with Crippen LogP contribution in [-0.4, -0.2) is 47.9 Å². The molecule has 1 aliphatic carbocycles. The Morgan fingerprint density at radius 3 is 2.48 bits per heavy atom. The van der Waals surface area contributed by atoms with E-state index in [0.29, 0.717) is 19.1 Å². The average molecular weight is 291 g/mol. The van der Waals surface area contributed by atoms with Gasteiger partial charge in [0.25, 0.3) is 5.91 Å². The summed E-state index contributed by atoms with van der Waals surface area (Å²) in [6, 6.07) is 5.11. The predicted octanol–water partition coefficient (Wildman–Crippen LogP) is 2.11. The van der Waals surface area contributed by atoms with Gasteiger partial charge in [0.2, 0.25) is 0 Å². The number of halogens is 1. The first-order valence-corrected chi connectivity index (χ1v) is 7.74. The molecule has 0 atom stereocenters. The third-order valence-corrected chi connectivity index (χ3v) is 4.73. The molecule has 3 rings (SSSR count). The monoisotopic (exact) mass is 291 g/mol. The van der Waals surface area contributed by atoms with Crippen LogP contribution in [0.3, 0.4) is 0 Å². The summed E-state index contributed by atoms with van der Waals surface area (Å²) in [6.45, 7) is 3.22. The van der Waals surface area contributed by atoms with Gasteiger partial charge in [-0.1, -0.05) is 18.9 Å². The van der Waals surface area contributed by atoms with Crippen LogP contribution in [0.25, 0.3) is 0 Å². The highest BCUT2D eigenvalue weighted by atomic mass is 19.1. The van der Waals surface area contributed by atoms with E-state index in [-0.39, 0.29) is 17.2 Å². The first-order valence-electron chi connectivity index (χ1n) is 7.74. The van der Waals surface area contributed by atoms with E-state index >= 15 is 0 Å². The van der Waals surface area contributed by atoms with Gasteiger partial charge >= 0.3 is 0 Å². The minimum Gasteiger partial charge on any atom is -0.396 e. The molecule has 2 N–H and O–H groups in total. The molecule has 4 nitrogen and oxygen atoms in total. The minimum atomic E-state index is -0.523. The molecule has 0 spiro atoms. The molecule has 1 amide bonds. The highest BCUT2D eigenvalue weighted by molar-refractivity contribution is 5.99. The van der Waals surface area contributed by atoms with Crippen LogP contribution in [0.1, 0.15) is 36.0 Å². The lowest BCUT2D eigenvalue weighted by Gasteiger charge is -2.38. The number of carbonyl (C=O) groups is 1. The van der Waals surface area contributed by atoms with Gasteiger partial charge in [-0.2, -0.15) is 0 Å². The van der Waals surface area contributed by atoms with Gasteiger partial charge < -0.3 is 10.6 Å². The zero-order valence-corrected chi connectivity index (χ0v) is 12.2. The van der Waals surface area contributed by atoms with E-state index in [1.54, 1.807) is 11.0 Å². The number of rotatable bonds is 2. The lowest BCUT2D eigenvalue weighted by molar-refractivity contribution is 0.0574. The summed E-state index contributed by atoms with van der Waals surface area (Å²) in [6.07, 6.45) is 5.21. The number of carbonyl (C=O) groups excluding carboxylic acids is 1. The van der Waals surface area contributed by atoms with Crippen LogP contribution in [0.4, 0.5) is 10.1 Å². The lowest BCUT2D eigenvalue weighted by atomic mass is 10.1. The average Bonchev–Trinajstić information content (AvgIpc) is 3.04. The molecule has 21 heavy (non-hydrogen) atoms. The van der Waals surface area contributed by atoms with Crippen molar-refractivity contribution < 1.29 is 9.18 Å². The van der Waals surface area contributed by atoms with E-state index in [4.69, 9.17) is 5.73 Å². The number of benzene rings is 1. The number of piperazine rings is 1. The van der Waals surface area contributed by atoms with Crippen LogP contribution in [-0.2, 0) is 0 Å². The summed E-state index contributed by atoms with van der Waals surface area (Å²) in [4.78, 5) is 16.7. The van der Waals surface area contributed by atoms with Crippen molar-refractivity contribution in [3.8, 4) is 0 Å². The molecule has 1 aromatic carbocycles. The van der Waals surface area contributed by atoms with Gasteiger partial charge in [-0.3, -0.25) is 9.69 Å². The van der Waals surface area contributed by atoms with E-state index in [1.165, 1.54) is 37.8 Å². The lowest BCUT2D eigenvalue weighted by Crippen LogP contribution is -2.51. The molecular formula is C16H22FN3O. The van der Waals surface area contributed by atoms with E-state index < -0.39 is 5.82 Å². The molecule has 1 aliphatic heterocycles. The number of nitrogens with zero attached hydrogens (tertiary/aromatic N) is 2. The van der Waals surface area contributed by atoms with Crippen molar-refractivity contribution in [2.45, 2.75) is 31.7 Å². The molecule has 0 bridgehead atoms. The molecule has 0 radical (unpaired) electrons. The molecule has 1 aromatic rings. The quantitative estimate of drug-likeness (QED) is 0.849. The molecule has 0 unspecified atom stereocenters. The molecule has 1 saturated heterocycles. The van der Waals surface area contributed by atoms with Crippen molar-refractivity contribution in [1.29, 1.82) is 0 Å². The van der Waals surface area contributed by atoms with Crippen LogP contribution in [0.15, 0.2) is 18.2 Å². The molecule has 1 saturated carbocycles. The molecule has 5 heteroatoms. The fraction of sp³-hybridized carbons (Fsp3) is 0.562. The zero-order chi connectivity index (χ0) is 14.8. The van der Waals surface area contributed by atoms with Gasteiger partial charge in [0.1, 0.15) is 5.82 Å². The molecule has 2 aliphatic rings. The normalized spacial score (nSPS) is 20.9. The second-order valence-corrected chi connectivity index (χ2v) is 5.97. The Morgan fingerprint density at radius 1 is 1.14 bits per heavy atom. The number of anilines is 1. The van der Waals surface area contributed by atoms with Crippen LogP contribution < -0.4 is 5.73 Å². The second kappa shape index (κ2) is 6.02. The first kappa shape index (κ1) is 14.3. The standard InChI is InChI=1S/C16H22FN3O/c17-14-7-3-6-13(15(14)18)16(21)20-10-8-19(9-11-20)12-4-1-2-5-12/h3,6-7,12H,1-2,4-5,8-11,18H2. The van der Waals surface area contributed by atoms with E-state index in [9.17, 15) is 9.18 Å². The highest BCUT2D eigenvalue weighted by Crippen LogP contribution is 2.25. The maximum Gasteiger partial charge on any atom is 0.256 e. The third kappa shape index (κ3) is 2.88. The van der Waals surface area contributed by atoms with Crippen LogP contribution in [0.2, 0.25) is 0 Å². The predicted molar refractivity (Wildman–Crippen MR) is 80.5 cm³/mol. The number of nitrogens with two attached hydrogens (primary N) is 1. The minimum absolute atomic E-state index is 0.0410. The largest absolute Gasteiger partial charge is 0.396 e. The fourth-order valence-electron chi connectivity index (χ4n) is 3.45. The fourth-order valence-corrected chi connectivity index (χ4v) is 3.45. The molecule has 114 valence electrons. The summed E-state index contributed by atoms with van der Waals surface area (Å²) in [5.74, 6) is -0.677. The Bertz CT molecular complexity index is 520. The van der Waals surface area contributed by atoms with Gasteiger partial charge in [-0.25, -0.2) is 4.39 Å². The number of para-hydroxylation sites is 1. The summed E-state index contributed by atoms with van der Waals surface area (Å²) >= 11 is 0. The summed E-state index contributed by atoms with van der Waals surface area (Å²) in [7, 11) is 0. The van der Waals surface area contributed by atoms with Crippen molar-refractivity contribution in [3.63, 3.8) is 0 Å². The summed E-state index contributed by atoms with van der Waals surface area (Å²) in [5, 5.41) is 0. The van der Waals surface area contributed by atoms with E-state index in [0.717, 1.165) is 13.1 Å². The molecule has 0 aromatic heterocycles. The van der Waals surface area contributed by atoms with Crippen molar-refractivity contribution in [1.82, 2.24) is 9.80 Å². The van der Waals surface area contributed by atoms with Gasteiger partial charge in [0, 0.05) is 32.2 Å². The van der Waals surface area contributed by atoms with Crippen molar-refractivity contribution >= 4 is 11.6 Å². The Labute approximate surface area is 124 Å². The van der Waals surface area contributed by atoms with Crippen molar-refractivity contribution in [3.05, 3.63) is 29.6 Å². The smallest absolute Gasteiger partial charge is 0.256 e. The van der Waals surface area contributed by atoms with Gasteiger partial charge in [0.15, 0.2) is 0 Å². The number of amides is 1. The van der Waals surface area contributed by atoms with Crippen LogP contribution in [0, 0.1) is 5.82 Å². The Balaban J connectivity index is 1.63. The van der Waals surface area contributed by atoms with Crippen molar-refractivity contribution in [2.24, 2.45) is 0 Å². The van der Waals surface area contributed by atoms with Gasteiger partial charge in [0.05, 0.1) is 11.3 Å². The maximum absolute atomic E-state index is 13.5. The van der Waals surface area contributed by atoms with Crippen LogP contribution >= 0.6 is 0 Å². The first-order chi connectivity index (χ1) is 10.2. The SMILES string of the molecule is Nc1c(F)cccc1C(=O)N1CCN(C2CCCC2)CC1. The maximum atomic E-state index is 13.5. The number of nitrogen functional groups attached to an aromatic ring is 1. The van der Waals surface area contributed by atoms with Crippen molar-refractivity contribution in [2.75, 3.05) is 31.9 Å². The molecular weight excluding hydrogens is 269 g/mol. The molecule has 2 fully saturated rings. The van der Waals surface area contributed by atoms with E-state index in [1.807, 2.05) is 0 Å². The third-order valence-electron chi connectivity index (χ3n) is 4.73. The topological polar surface area (TPSA) is 49.6 Å².